The first-order valence-electron chi connectivity index (χ1n) is 21.8. The minimum atomic E-state index is -4.39. The van der Waals surface area contributed by atoms with Crippen molar-refractivity contribution in [1.82, 2.24) is 0 Å². The molecule has 0 heterocycles. The number of likely N-dealkylation sites (N-methyl/N-ethyl adjacent to an activating group) is 1. The van der Waals surface area contributed by atoms with Gasteiger partial charge in [0.2, 0.25) is 0 Å². The number of rotatable bonds is 39. The molecule has 55 heavy (non-hydrogen) atoms. The molecule has 11 heteroatoms. The Morgan fingerprint density at radius 1 is 0.655 bits per heavy atom. The average molecular weight is 801 g/mol. The van der Waals surface area contributed by atoms with Crippen LogP contribution in [0.25, 0.3) is 0 Å². The third-order valence-corrected chi connectivity index (χ3v) is 10.2. The molecule has 0 radical (unpaired) electrons. The average Bonchev–Trinajstić information content (AvgIpc) is 3.12. The van der Waals surface area contributed by atoms with Gasteiger partial charge in [-0.25, -0.2) is 4.57 Å². The lowest BCUT2D eigenvalue weighted by Gasteiger charge is -2.24. The number of phosphoric ester groups is 1. The van der Waals surface area contributed by atoms with E-state index in [1.807, 2.05) is 45.4 Å². The van der Waals surface area contributed by atoms with Crippen LogP contribution in [0.3, 0.4) is 0 Å². The van der Waals surface area contributed by atoms with E-state index in [9.17, 15) is 24.2 Å². The van der Waals surface area contributed by atoms with Crippen LogP contribution in [-0.2, 0) is 32.7 Å². The number of unbranched alkanes of at least 4 members (excludes halogenated alkanes) is 19. The minimum Gasteiger partial charge on any atom is -0.462 e. The molecule has 0 aromatic heterocycles. The smallest absolute Gasteiger partial charge is 0.462 e. The number of aliphatic hydroxyl groups excluding tert-OH is 1. The highest BCUT2D eigenvalue weighted by molar-refractivity contribution is 7.47. The molecule has 0 saturated heterocycles. The Balaban J connectivity index is 4.42. The van der Waals surface area contributed by atoms with Crippen molar-refractivity contribution in [3.8, 4) is 0 Å². The van der Waals surface area contributed by atoms with E-state index in [1.54, 1.807) is 6.08 Å². The first kappa shape index (κ1) is 53.2. The van der Waals surface area contributed by atoms with Crippen molar-refractivity contribution < 1.29 is 47.2 Å². The predicted octanol–water partition coefficient (Wildman–Crippen LogP) is 11.1. The molecule has 0 saturated carbocycles. The van der Waals surface area contributed by atoms with E-state index in [0.717, 1.165) is 57.8 Å². The maximum Gasteiger partial charge on any atom is 0.472 e. The van der Waals surface area contributed by atoms with Crippen LogP contribution in [0, 0.1) is 0 Å². The number of nitrogens with zero attached hydrogens (tertiary/aromatic N) is 1. The normalized spacial score (nSPS) is 14.5. The molecule has 10 nitrogen and oxygen atoms in total. The molecule has 0 rings (SSSR count). The van der Waals surface area contributed by atoms with Crippen molar-refractivity contribution >= 4 is 19.8 Å². The van der Waals surface area contributed by atoms with Crippen molar-refractivity contribution in [2.45, 2.75) is 187 Å². The molecule has 2 N–H and O–H groups in total. The molecule has 0 aliphatic carbocycles. The number of phosphoric acid groups is 1. The number of ether oxygens (including phenoxy) is 2. The fourth-order valence-corrected chi connectivity index (χ4v) is 6.56. The van der Waals surface area contributed by atoms with Gasteiger partial charge in [0.05, 0.1) is 33.9 Å². The van der Waals surface area contributed by atoms with Crippen molar-refractivity contribution in [3.05, 3.63) is 36.5 Å². The van der Waals surface area contributed by atoms with Crippen LogP contribution in [0.5, 0.6) is 0 Å². The minimum absolute atomic E-state index is 0.0185. The maximum atomic E-state index is 12.7. The van der Waals surface area contributed by atoms with Gasteiger partial charge >= 0.3 is 19.8 Å². The summed E-state index contributed by atoms with van der Waals surface area (Å²) >= 11 is 0. The number of carbonyl (C=O) groups excluding carboxylic acids is 2. The number of quaternary nitrogens is 1. The Morgan fingerprint density at radius 3 is 1.73 bits per heavy atom. The first-order chi connectivity index (χ1) is 26.4. The van der Waals surface area contributed by atoms with Crippen LogP contribution in [0.2, 0.25) is 0 Å². The standard InChI is InChI=1S/C44H82NO9P/c1-6-8-10-11-12-13-14-15-16-17-18-21-24-27-31-35-43(47)51-39-42(40-53-55(49,50)52-38-37-45(3,4)5)54-44(48)36-32-28-25-22-19-20-23-26-30-34-41(46)33-29-9-7-2/h9,23,26,29-30,34,41-42,46H,6-8,10-22,24-25,27-28,31-33,35-40H2,1-5H3/p+1/b26-23+,29-9+,34-30+/t41?,42-/m1/s1. The van der Waals surface area contributed by atoms with Gasteiger partial charge in [-0.15, -0.1) is 0 Å². The molecule has 0 spiro atoms. The number of esters is 2. The molecule has 0 aromatic carbocycles. The molecular weight excluding hydrogens is 717 g/mol. The molecule has 0 fully saturated rings. The van der Waals surface area contributed by atoms with E-state index in [0.29, 0.717) is 23.9 Å². The summed E-state index contributed by atoms with van der Waals surface area (Å²) in [5.74, 6) is -0.849. The molecule has 0 aromatic rings. The first-order valence-corrected chi connectivity index (χ1v) is 23.3. The number of hydrogen-bond donors (Lipinski definition) is 2. The zero-order chi connectivity index (χ0) is 40.9. The molecule has 0 bridgehead atoms. The number of aliphatic hydroxyl groups is 1. The van der Waals surface area contributed by atoms with Gasteiger partial charge in [-0.1, -0.05) is 159 Å². The molecule has 0 aliphatic rings. The van der Waals surface area contributed by atoms with E-state index in [2.05, 4.69) is 19.9 Å². The van der Waals surface area contributed by atoms with Crippen molar-refractivity contribution in [2.75, 3.05) is 47.5 Å². The Labute approximate surface area is 336 Å². The van der Waals surface area contributed by atoms with Gasteiger partial charge in [-0.05, 0) is 38.5 Å². The highest BCUT2D eigenvalue weighted by Gasteiger charge is 2.27. The third-order valence-electron chi connectivity index (χ3n) is 9.26. The van der Waals surface area contributed by atoms with Crippen molar-refractivity contribution in [3.63, 3.8) is 0 Å². The SMILES string of the molecule is CC/C=C/CC(O)/C=C/C=C/CCCCCCCC(=O)O[C@H](COC(=O)CCCCCCCCCCCCCCCCC)COP(=O)(O)OCC[N+](C)(C)C. The number of hydrogen-bond acceptors (Lipinski definition) is 8. The monoisotopic (exact) mass is 801 g/mol. The highest BCUT2D eigenvalue weighted by Crippen LogP contribution is 2.43. The van der Waals surface area contributed by atoms with E-state index in [1.165, 1.54) is 77.0 Å². The molecule has 3 atom stereocenters. The molecule has 322 valence electrons. The second-order valence-electron chi connectivity index (χ2n) is 15.9. The summed E-state index contributed by atoms with van der Waals surface area (Å²) in [6.07, 6.45) is 36.6. The van der Waals surface area contributed by atoms with Gasteiger partial charge in [0.1, 0.15) is 19.8 Å². The topological polar surface area (TPSA) is 129 Å². The van der Waals surface area contributed by atoms with Gasteiger partial charge in [0, 0.05) is 12.8 Å². The van der Waals surface area contributed by atoms with E-state index in [4.69, 9.17) is 18.5 Å². The summed E-state index contributed by atoms with van der Waals surface area (Å²) in [5, 5.41) is 9.88. The van der Waals surface area contributed by atoms with Gasteiger partial charge in [-0.3, -0.25) is 18.6 Å². The molecule has 2 unspecified atom stereocenters. The fourth-order valence-electron chi connectivity index (χ4n) is 5.81. The quantitative estimate of drug-likeness (QED) is 0.0156. The zero-order valence-corrected chi connectivity index (χ0v) is 36.7. The van der Waals surface area contributed by atoms with Crippen molar-refractivity contribution in [1.29, 1.82) is 0 Å². The molecule has 0 aliphatic heterocycles. The Bertz CT molecular complexity index is 1060. The van der Waals surface area contributed by atoms with Gasteiger partial charge < -0.3 is 24.0 Å². The second-order valence-corrected chi connectivity index (χ2v) is 17.4. The van der Waals surface area contributed by atoms with Gasteiger partial charge in [-0.2, -0.15) is 0 Å². The summed E-state index contributed by atoms with van der Waals surface area (Å²) in [4.78, 5) is 35.3. The lowest BCUT2D eigenvalue weighted by Crippen LogP contribution is -2.37. The fraction of sp³-hybridized carbons (Fsp3) is 0.818. The second kappa shape index (κ2) is 36.5. The summed E-state index contributed by atoms with van der Waals surface area (Å²) < 4.78 is 34.2. The largest absolute Gasteiger partial charge is 0.472 e. The van der Waals surface area contributed by atoms with Crippen LogP contribution in [0.1, 0.15) is 174 Å². The summed E-state index contributed by atoms with van der Waals surface area (Å²) in [6.45, 7) is 4.17. The lowest BCUT2D eigenvalue weighted by molar-refractivity contribution is -0.870. The van der Waals surface area contributed by atoms with Crippen LogP contribution >= 0.6 is 7.82 Å². The van der Waals surface area contributed by atoms with Crippen LogP contribution in [-0.4, -0.2) is 86.1 Å². The third kappa shape index (κ3) is 40.2. The molecular formula is C44H83NO9P+. The maximum absolute atomic E-state index is 12.7. The van der Waals surface area contributed by atoms with E-state index >= 15 is 0 Å². The van der Waals surface area contributed by atoms with E-state index < -0.39 is 32.6 Å². The summed E-state index contributed by atoms with van der Waals surface area (Å²) in [6, 6.07) is 0. The highest BCUT2D eigenvalue weighted by atomic mass is 31.2. The molecule has 0 amide bonds. The van der Waals surface area contributed by atoms with E-state index in [-0.39, 0.29) is 32.0 Å². The summed E-state index contributed by atoms with van der Waals surface area (Å²) in [5.41, 5.74) is 0. The van der Waals surface area contributed by atoms with Gasteiger partial charge in [0.15, 0.2) is 6.10 Å². The Morgan fingerprint density at radius 2 is 1.18 bits per heavy atom. The van der Waals surface area contributed by atoms with Crippen molar-refractivity contribution in [2.24, 2.45) is 0 Å². The zero-order valence-electron chi connectivity index (χ0n) is 35.8. The Kier molecular flexibility index (Phi) is 35.3. The van der Waals surface area contributed by atoms with Gasteiger partial charge in [0.25, 0.3) is 0 Å². The van der Waals surface area contributed by atoms with Crippen LogP contribution in [0.15, 0.2) is 36.5 Å². The number of allylic oxidation sites excluding steroid dienone is 4. The summed E-state index contributed by atoms with van der Waals surface area (Å²) in [7, 11) is 1.43. The van der Waals surface area contributed by atoms with Crippen LogP contribution < -0.4 is 0 Å². The van der Waals surface area contributed by atoms with Crippen LogP contribution in [0.4, 0.5) is 0 Å². The number of carbonyl (C=O) groups is 2. The Hall–Kier alpha value is -1.81. The lowest BCUT2D eigenvalue weighted by atomic mass is 10.0. The predicted molar refractivity (Wildman–Crippen MR) is 226 cm³/mol.